The van der Waals surface area contributed by atoms with Crippen molar-refractivity contribution in [1.29, 1.82) is 0 Å². The first-order valence-electron chi connectivity index (χ1n) is 4.11. The van der Waals surface area contributed by atoms with Gasteiger partial charge < -0.3 is 5.32 Å². The van der Waals surface area contributed by atoms with Gasteiger partial charge >= 0.3 is 0 Å². The number of carbonyl (C=O) groups excluding carboxylic acids is 1. The maximum Gasteiger partial charge on any atom is 0.257 e. The number of aromatic nitrogens is 2. The van der Waals surface area contributed by atoms with Gasteiger partial charge in [0.1, 0.15) is 0 Å². The molecule has 2 N–H and O–H groups in total. The van der Waals surface area contributed by atoms with Gasteiger partial charge in [0.25, 0.3) is 5.91 Å². The molecule has 0 bridgehead atoms. The zero-order chi connectivity index (χ0) is 9.97. The maximum absolute atomic E-state index is 11.5. The number of nitrogens with one attached hydrogen (secondary N) is 2. The molecule has 5 heteroatoms. The molecule has 2 aromatic rings. The van der Waals surface area contributed by atoms with Crippen molar-refractivity contribution in [1.82, 2.24) is 10.2 Å². The molecule has 4 nitrogen and oxygen atoms in total. The molecule has 1 amide bonds. The summed E-state index contributed by atoms with van der Waals surface area (Å²) in [6.45, 7) is 1.88. The van der Waals surface area contributed by atoms with E-state index in [1.54, 1.807) is 17.5 Å². The highest BCUT2D eigenvalue weighted by atomic mass is 32.1. The number of thiophene rings is 1. The zero-order valence-corrected chi connectivity index (χ0v) is 8.39. The minimum Gasteiger partial charge on any atom is -0.305 e. The predicted molar refractivity (Wildman–Crippen MR) is 55.6 cm³/mol. The van der Waals surface area contributed by atoms with Crippen molar-refractivity contribution in [2.24, 2.45) is 0 Å². The van der Waals surface area contributed by atoms with E-state index in [-0.39, 0.29) is 5.91 Å². The van der Waals surface area contributed by atoms with Gasteiger partial charge in [0.05, 0.1) is 5.56 Å². The van der Waals surface area contributed by atoms with Gasteiger partial charge in [0, 0.05) is 17.1 Å². The van der Waals surface area contributed by atoms with Crippen LogP contribution in [0.25, 0.3) is 0 Å². The topological polar surface area (TPSA) is 57.8 Å². The molecule has 0 aliphatic rings. The number of rotatable bonds is 2. The van der Waals surface area contributed by atoms with Gasteiger partial charge in [-0.2, -0.15) is 16.4 Å². The Balaban J connectivity index is 2.09. The molecule has 0 aliphatic heterocycles. The molecule has 0 atom stereocenters. The first-order valence-corrected chi connectivity index (χ1v) is 5.05. The fourth-order valence-electron chi connectivity index (χ4n) is 1.06. The average molecular weight is 207 g/mol. The van der Waals surface area contributed by atoms with Gasteiger partial charge in [0.15, 0.2) is 5.82 Å². The molecule has 0 saturated carbocycles. The number of aryl methyl sites for hydroxylation is 1. The first kappa shape index (κ1) is 8.96. The minimum atomic E-state index is -0.127. The Morgan fingerprint density at radius 1 is 1.64 bits per heavy atom. The van der Waals surface area contributed by atoms with E-state index >= 15 is 0 Å². The molecule has 0 aromatic carbocycles. The molecule has 2 heterocycles. The van der Waals surface area contributed by atoms with Crippen molar-refractivity contribution in [3.8, 4) is 0 Å². The van der Waals surface area contributed by atoms with Gasteiger partial charge in [-0.3, -0.25) is 9.89 Å². The lowest BCUT2D eigenvalue weighted by Gasteiger charge is -1.97. The molecule has 0 aliphatic carbocycles. The second kappa shape index (κ2) is 3.63. The standard InChI is InChI=1S/C9H9N3OS/c1-6-4-8(12-11-6)10-9(13)7-2-3-14-5-7/h2-5H,1H3,(H2,10,11,12,13). The Morgan fingerprint density at radius 3 is 3.07 bits per heavy atom. The molecule has 14 heavy (non-hydrogen) atoms. The summed E-state index contributed by atoms with van der Waals surface area (Å²) in [5.41, 5.74) is 1.58. The summed E-state index contributed by atoms with van der Waals surface area (Å²) in [6, 6.07) is 3.56. The molecule has 0 fully saturated rings. The Labute approximate surface area is 85.0 Å². The number of H-pyrrole nitrogens is 1. The van der Waals surface area contributed by atoms with Crippen molar-refractivity contribution >= 4 is 23.1 Å². The number of nitrogens with zero attached hydrogens (tertiary/aromatic N) is 1. The maximum atomic E-state index is 11.5. The van der Waals surface area contributed by atoms with Crippen LogP contribution in [0.4, 0.5) is 5.82 Å². The smallest absolute Gasteiger partial charge is 0.257 e. The Kier molecular flexibility index (Phi) is 2.32. The molecule has 2 rings (SSSR count). The van der Waals surface area contributed by atoms with Crippen LogP contribution in [0, 0.1) is 6.92 Å². The van der Waals surface area contributed by atoms with Crippen LogP contribution in [0.15, 0.2) is 22.9 Å². The third-order valence-corrected chi connectivity index (χ3v) is 2.41. The highest BCUT2D eigenvalue weighted by Gasteiger charge is 2.07. The lowest BCUT2D eigenvalue weighted by atomic mass is 10.3. The number of anilines is 1. The Bertz CT molecular complexity index is 433. The van der Waals surface area contributed by atoms with E-state index in [1.165, 1.54) is 11.3 Å². The van der Waals surface area contributed by atoms with E-state index in [9.17, 15) is 4.79 Å². The summed E-state index contributed by atoms with van der Waals surface area (Å²) < 4.78 is 0. The first-order chi connectivity index (χ1) is 6.75. The monoisotopic (exact) mass is 207 g/mol. The Hall–Kier alpha value is -1.62. The summed E-state index contributed by atoms with van der Waals surface area (Å²) in [6.07, 6.45) is 0. The molecular formula is C9H9N3OS. The van der Waals surface area contributed by atoms with Crippen LogP contribution >= 0.6 is 11.3 Å². The SMILES string of the molecule is Cc1cc(NC(=O)c2ccsc2)n[nH]1. The quantitative estimate of drug-likeness (QED) is 0.791. The Morgan fingerprint density at radius 2 is 2.50 bits per heavy atom. The van der Waals surface area contributed by atoms with Crippen molar-refractivity contribution in [3.63, 3.8) is 0 Å². The number of amides is 1. The van der Waals surface area contributed by atoms with Crippen LogP contribution < -0.4 is 5.32 Å². The third-order valence-electron chi connectivity index (χ3n) is 1.73. The number of aromatic amines is 1. The van der Waals surface area contributed by atoms with Gasteiger partial charge in [-0.15, -0.1) is 0 Å². The number of hydrogen-bond acceptors (Lipinski definition) is 3. The van der Waals surface area contributed by atoms with E-state index in [2.05, 4.69) is 15.5 Å². The minimum absolute atomic E-state index is 0.127. The molecule has 2 aromatic heterocycles. The summed E-state index contributed by atoms with van der Waals surface area (Å²) in [5.74, 6) is 0.427. The van der Waals surface area contributed by atoms with Crippen molar-refractivity contribution in [3.05, 3.63) is 34.2 Å². The summed E-state index contributed by atoms with van der Waals surface area (Å²) in [4.78, 5) is 11.5. The van der Waals surface area contributed by atoms with Crippen molar-refractivity contribution in [2.45, 2.75) is 6.92 Å². The highest BCUT2D eigenvalue weighted by molar-refractivity contribution is 7.08. The molecule has 0 spiro atoms. The lowest BCUT2D eigenvalue weighted by molar-refractivity contribution is 0.102. The predicted octanol–water partition coefficient (Wildman–Crippen LogP) is 2.03. The molecule has 72 valence electrons. The van der Waals surface area contributed by atoms with Crippen LogP contribution in [0.2, 0.25) is 0 Å². The second-order valence-electron chi connectivity index (χ2n) is 2.90. The fourth-order valence-corrected chi connectivity index (χ4v) is 1.70. The van der Waals surface area contributed by atoms with E-state index in [1.807, 2.05) is 12.3 Å². The normalized spacial score (nSPS) is 10.1. The fraction of sp³-hybridized carbons (Fsp3) is 0.111. The van der Waals surface area contributed by atoms with Crippen molar-refractivity contribution in [2.75, 3.05) is 5.32 Å². The van der Waals surface area contributed by atoms with E-state index in [4.69, 9.17) is 0 Å². The van der Waals surface area contributed by atoms with Crippen LogP contribution in [0.5, 0.6) is 0 Å². The van der Waals surface area contributed by atoms with Crippen LogP contribution in [-0.2, 0) is 0 Å². The second-order valence-corrected chi connectivity index (χ2v) is 3.68. The van der Waals surface area contributed by atoms with Crippen LogP contribution in [0.1, 0.15) is 16.1 Å². The van der Waals surface area contributed by atoms with Gasteiger partial charge in [-0.25, -0.2) is 0 Å². The van der Waals surface area contributed by atoms with Crippen LogP contribution in [0.3, 0.4) is 0 Å². The molecule has 0 unspecified atom stereocenters. The van der Waals surface area contributed by atoms with E-state index in [0.717, 1.165) is 5.69 Å². The highest BCUT2D eigenvalue weighted by Crippen LogP contribution is 2.09. The lowest BCUT2D eigenvalue weighted by Crippen LogP contribution is -2.10. The zero-order valence-electron chi connectivity index (χ0n) is 7.57. The summed E-state index contributed by atoms with van der Waals surface area (Å²) >= 11 is 1.49. The summed E-state index contributed by atoms with van der Waals surface area (Å²) in [7, 11) is 0. The largest absolute Gasteiger partial charge is 0.305 e. The van der Waals surface area contributed by atoms with Crippen molar-refractivity contribution < 1.29 is 4.79 Å². The van der Waals surface area contributed by atoms with Gasteiger partial charge in [-0.1, -0.05) is 0 Å². The molecule has 0 radical (unpaired) electrons. The summed E-state index contributed by atoms with van der Waals surface area (Å²) in [5, 5.41) is 13.0. The van der Waals surface area contributed by atoms with Crippen LogP contribution in [-0.4, -0.2) is 16.1 Å². The van der Waals surface area contributed by atoms with Gasteiger partial charge in [0.2, 0.25) is 0 Å². The number of carbonyl (C=O) groups is 1. The molecule has 0 saturated heterocycles. The van der Waals surface area contributed by atoms with E-state index < -0.39 is 0 Å². The average Bonchev–Trinajstić information content (AvgIpc) is 2.75. The van der Waals surface area contributed by atoms with E-state index in [0.29, 0.717) is 11.4 Å². The van der Waals surface area contributed by atoms with Gasteiger partial charge in [-0.05, 0) is 18.4 Å². The molecular weight excluding hydrogens is 198 g/mol. The number of hydrogen-bond donors (Lipinski definition) is 2. The third kappa shape index (κ3) is 1.82.